The van der Waals surface area contributed by atoms with Crippen molar-refractivity contribution in [1.29, 1.82) is 0 Å². The van der Waals surface area contributed by atoms with Gasteiger partial charge in [0, 0.05) is 6.04 Å². The summed E-state index contributed by atoms with van der Waals surface area (Å²) in [7, 11) is 0. The molecule has 0 bridgehead atoms. The minimum Gasteiger partial charge on any atom is -0.494 e. The van der Waals surface area contributed by atoms with Crippen molar-refractivity contribution in [1.82, 2.24) is 0 Å². The molecule has 0 fully saturated rings. The quantitative estimate of drug-likeness (QED) is 0.773. The Labute approximate surface area is 79.7 Å². The average Bonchev–Trinajstić information content (AvgIpc) is 2.04. The van der Waals surface area contributed by atoms with E-state index in [1.165, 1.54) is 11.1 Å². The molecule has 0 heterocycles. The van der Waals surface area contributed by atoms with Gasteiger partial charge in [0.25, 0.3) is 0 Å². The molecule has 1 unspecified atom stereocenters. The molecule has 72 valence electrons. The normalized spacial score (nSPS) is 12.6. The molecule has 13 heavy (non-hydrogen) atoms. The van der Waals surface area contributed by atoms with Crippen LogP contribution in [0.1, 0.15) is 31.0 Å². The van der Waals surface area contributed by atoms with Crippen LogP contribution in [0.4, 0.5) is 0 Å². The first kappa shape index (κ1) is 10.1. The van der Waals surface area contributed by atoms with Gasteiger partial charge >= 0.3 is 0 Å². The number of rotatable bonds is 3. The zero-order chi connectivity index (χ0) is 9.84. The molecular weight excluding hydrogens is 162 g/mol. The lowest BCUT2D eigenvalue weighted by atomic mass is 10.0. The summed E-state index contributed by atoms with van der Waals surface area (Å²) in [6, 6.07) is 6.12. The lowest BCUT2D eigenvalue weighted by molar-refractivity contribution is 0.340. The Morgan fingerprint density at radius 2 is 2.15 bits per heavy atom. The monoisotopic (exact) mass is 179 g/mol. The van der Waals surface area contributed by atoms with Crippen molar-refractivity contribution in [3.8, 4) is 5.75 Å². The lowest BCUT2D eigenvalue weighted by Crippen LogP contribution is -2.06. The Bertz CT molecular complexity index is 281. The summed E-state index contributed by atoms with van der Waals surface area (Å²) in [6.07, 6.45) is 0. The van der Waals surface area contributed by atoms with Crippen molar-refractivity contribution in [3.05, 3.63) is 29.3 Å². The topological polar surface area (TPSA) is 35.2 Å². The molecule has 1 atom stereocenters. The molecule has 1 rings (SSSR count). The molecule has 0 saturated carbocycles. The van der Waals surface area contributed by atoms with Crippen LogP contribution in [0.2, 0.25) is 0 Å². The first-order valence-corrected chi connectivity index (χ1v) is 4.64. The molecule has 0 aliphatic carbocycles. The zero-order valence-electron chi connectivity index (χ0n) is 8.50. The number of hydrogen-bond acceptors (Lipinski definition) is 2. The maximum atomic E-state index is 5.80. The molecule has 2 heteroatoms. The Morgan fingerprint density at radius 1 is 1.46 bits per heavy atom. The number of nitrogens with two attached hydrogens (primary N) is 1. The molecule has 0 radical (unpaired) electrons. The highest BCUT2D eigenvalue weighted by atomic mass is 16.5. The molecule has 1 aromatic carbocycles. The first-order valence-electron chi connectivity index (χ1n) is 4.64. The molecule has 0 aliphatic heterocycles. The van der Waals surface area contributed by atoms with Gasteiger partial charge in [-0.05, 0) is 44.0 Å². The molecule has 0 saturated heterocycles. The third-order valence-corrected chi connectivity index (χ3v) is 2.04. The second-order valence-corrected chi connectivity index (χ2v) is 3.24. The molecule has 2 nitrogen and oxygen atoms in total. The molecule has 2 N–H and O–H groups in total. The van der Waals surface area contributed by atoms with Crippen LogP contribution in [-0.4, -0.2) is 6.61 Å². The van der Waals surface area contributed by atoms with Gasteiger partial charge in [0.2, 0.25) is 0 Å². The van der Waals surface area contributed by atoms with E-state index in [0.29, 0.717) is 6.61 Å². The van der Waals surface area contributed by atoms with Gasteiger partial charge in [-0.25, -0.2) is 0 Å². The van der Waals surface area contributed by atoms with Crippen LogP contribution in [0, 0.1) is 6.92 Å². The molecule has 0 amide bonds. The second kappa shape index (κ2) is 4.28. The van der Waals surface area contributed by atoms with Crippen molar-refractivity contribution in [2.24, 2.45) is 5.73 Å². The van der Waals surface area contributed by atoms with E-state index in [0.717, 1.165) is 5.75 Å². The van der Waals surface area contributed by atoms with Crippen molar-refractivity contribution >= 4 is 0 Å². The van der Waals surface area contributed by atoms with Crippen LogP contribution in [0.15, 0.2) is 18.2 Å². The summed E-state index contributed by atoms with van der Waals surface area (Å²) in [5, 5.41) is 0. The van der Waals surface area contributed by atoms with Crippen LogP contribution in [-0.2, 0) is 0 Å². The number of ether oxygens (including phenoxy) is 1. The average molecular weight is 179 g/mol. The largest absolute Gasteiger partial charge is 0.494 e. The van der Waals surface area contributed by atoms with E-state index in [2.05, 4.69) is 6.92 Å². The lowest BCUT2D eigenvalue weighted by Gasteiger charge is -2.11. The fourth-order valence-electron chi connectivity index (χ4n) is 1.42. The highest BCUT2D eigenvalue weighted by molar-refractivity contribution is 5.36. The molecular formula is C11H17NO. The van der Waals surface area contributed by atoms with Gasteiger partial charge in [0.05, 0.1) is 6.61 Å². The summed E-state index contributed by atoms with van der Waals surface area (Å²) < 4.78 is 5.38. The second-order valence-electron chi connectivity index (χ2n) is 3.24. The van der Waals surface area contributed by atoms with Crippen LogP contribution in [0.3, 0.4) is 0 Å². The maximum absolute atomic E-state index is 5.80. The third-order valence-electron chi connectivity index (χ3n) is 2.04. The van der Waals surface area contributed by atoms with Gasteiger partial charge < -0.3 is 10.5 Å². The molecule has 0 spiro atoms. The SMILES string of the molecule is CCOc1ccc(C(C)N)c(C)c1. The Kier molecular flexibility index (Phi) is 3.32. The van der Waals surface area contributed by atoms with E-state index in [4.69, 9.17) is 10.5 Å². The Balaban J connectivity index is 2.92. The van der Waals surface area contributed by atoms with Gasteiger partial charge in [0.15, 0.2) is 0 Å². The van der Waals surface area contributed by atoms with E-state index in [9.17, 15) is 0 Å². The number of aryl methyl sites for hydroxylation is 1. The van der Waals surface area contributed by atoms with Gasteiger partial charge in [-0.2, -0.15) is 0 Å². The summed E-state index contributed by atoms with van der Waals surface area (Å²) in [4.78, 5) is 0. The molecule has 1 aromatic rings. The van der Waals surface area contributed by atoms with E-state index in [1.54, 1.807) is 0 Å². The minimum absolute atomic E-state index is 0.0932. The number of benzene rings is 1. The van der Waals surface area contributed by atoms with Gasteiger partial charge in [-0.3, -0.25) is 0 Å². The van der Waals surface area contributed by atoms with Crippen LogP contribution < -0.4 is 10.5 Å². The van der Waals surface area contributed by atoms with Crippen LogP contribution >= 0.6 is 0 Å². The van der Waals surface area contributed by atoms with E-state index in [-0.39, 0.29) is 6.04 Å². The smallest absolute Gasteiger partial charge is 0.119 e. The van der Waals surface area contributed by atoms with E-state index < -0.39 is 0 Å². The summed E-state index contributed by atoms with van der Waals surface area (Å²) in [5.41, 5.74) is 8.18. The van der Waals surface area contributed by atoms with Crippen molar-refractivity contribution in [3.63, 3.8) is 0 Å². The summed E-state index contributed by atoms with van der Waals surface area (Å²) in [6.45, 7) is 6.73. The minimum atomic E-state index is 0.0932. The van der Waals surface area contributed by atoms with Gasteiger partial charge in [-0.1, -0.05) is 6.07 Å². The predicted molar refractivity (Wildman–Crippen MR) is 55.0 cm³/mol. The molecule has 0 aromatic heterocycles. The van der Waals surface area contributed by atoms with Gasteiger partial charge in [-0.15, -0.1) is 0 Å². The Hall–Kier alpha value is -1.02. The fraction of sp³-hybridized carbons (Fsp3) is 0.455. The first-order chi connectivity index (χ1) is 6.15. The van der Waals surface area contributed by atoms with Crippen LogP contribution in [0.25, 0.3) is 0 Å². The molecule has 0 aliphatic rings. The fourth-order valence-corrected chi connectivity index (χ4v) is 1.42. The highest BCUT2D eigenvalue weighted by Gasteiger charge is 2.03. The van der Waals surface area contributed by atoms with Crippen LogP contribution in [0.5, 0.6) is 5.75 Å². The van der Waals surface area contributed by atoms with Gasteiger partial charge in [0.1, 0.15) is 5.75 Å². The summed E-state index contributed by atoms with van der Waals surface area (Å²) >= 11 is 0. The van der Waals surface area contributed by atoms with E-state index in [1.807, 2.05) is 32.0 Å². The number of hydrogen-bond donors (Lipinski definition) is 1. The maximum Gasteiger partial charge on any atom is 0.119 e. The van der Waals surface area contributed by atoms with Crippen molar-refractivity contribution < 1.29 is 4.74 Å². The third kappa shape index (κ3) is 2.46. The summed E-state index contributed by atoms with van der Waals surface area (Å²) in [5.74, 6) is 0.921. The Morgan fingerprint density at radius 3 is 2.62 bits per heavy atom. The van der Waals surface area contributed by atoms with E-state index >= 15 is 0 Å². The predicted octanol–water partition coefficient (Wildman–Crippen LogP) is 2.41. The highest BCUT2D eigenvalue weighted by Crippen LogP contribution is 2.20. The van der Waals surface area contributed by atoms with Crippen molar-refractivity contribution in [2.75, 3.05) is 6.61 Å². The zero-order valence-corrected chi connectivity index (χ0v) is 8.50. The van der Waals surface area contributed by atoms with Crippen molar-refractivity contribution in [2.45, 2.75) is 26.8 Å². The standard InChI is InChI=1S/C11H17NO/c1-4-13-10-5-6-11(9(3)12)8(2)7-10/h5-7,9H,4,12H2,1-3H3.